The highest BCUT2D eigenvalue weighted by Crippen LogP contribution is 2.29. The minimum Gasteiger partial charge on any atom is -0.372 e. The van der Waals surface area contributed by atoms with Crippen molar-refractivity contribution in [3.05, 3.63) is 78.6 Å². The fourth-order valence-corrected chi connectivity index (χ4v) is 4.28. The zero-order chi connectivity index (χ0) is 21.8. The number of anilines is 1. The number of aromatic nitrogens is 5. The fourth-order valence-electron chi connectivity index (χ4n) is 4.28. The number of pyridine rings is 1. The van der Waals surface area contributed by atoms with Gasteiger partial charge in [-0.25, -0.2) is 9.97 Å². The Labute approximate surface area is 189 Å². The molecule has 0 aliphatic carbocycles. The smallest absolute Gasteiger partial charge is 0.133 e. The average Bonchev–Trinajstić information content (AvgIpc) is 3.31. The SMILES string of the molecule is CCn1cc(-c2ccnc(Cc3ccc(N4CCCCC4)cc3)n2)c(-c2cccnc2)n1. The molecule has 1 fully saturated rings. The molecule has 0 radical (unpaired) electrons. The van der Waals surface area contributed by atoms with E-state index in [0.29, 0.717) is 6.42 Å². The van der Waals surface area contributed by atoms with Gasteiger partial charge < -0.3 is 4.90 Å². The maximum absolute atomic E-state index is 4.89. The highest BCUT2D eigenvalue weighted by molar-refractivity contribution is 5.78. The molecule has 32 heavy (non-hydrogen) atoms. The van der Waals surface area contributed by atoms with Crippen LogP contribution in [-0.2, 0) is 13.0 Å². The van der Waals surface area contributed by atoms with Crippen LogP contribution < -0.4 is 4.90 Å². The second-order valence-electron chi connectivity index (χ2n) is 8.24. The molecule has 3 aromatic heterocycles. The Kier molecular flexibility index (Phi) is 5.92. The molecular formula is C26H28N6. The first-order valence-corrected chi connectivity index (χ1v) is 11.4. The molecule has 1 aliphatic heterocycles. The largest absolute Gasteiger partial charge is 0.372 e. The first-order valence-electron chi connectivity index (χ1n) is 11.4. The number of aryl methyl sites for hydroxylation is 1. The van der Waals surface area contributed by atoms with E-state index in [4.69, 9.17) is 10.1 Å². The second-order valence-corrected chi connectivity index (χ2v) is 8.24. The number of benzene rings is 1. The van der Waals surface area contributed by atoms with Gasteiger partial charge in [0.25, 0.3) is 0 Å². The Hall–Kier alpha value is -3.54. The van der Waals surface area contributed by atoms with Gasteiger partial charge in [-0.15, -0.1) is 0 Å². The number of hydrogen-bond donors (Lipinski definition) is 0. The third-order valence-corrected chi connectivity index (χ3v) is 6.02. The van der Waals surface area contributed by atoms with Gasteiger partial charge in [-0.05, 0) is 62.1 Å². The molecule has 1 saturated heterocycles. The van der Waals surface area contributed by atoms with Crippen molar-refractivity contribution in [2.45, 2.75) is 39.2 Å². The normalized spacial score (nSPS) is 14.0. The van der Waals surface area contributed by atoms with Gasteiger partial charge in [0, 0.05) is 67.7 Å². The number of nitrogens with zero attached hydrogens (tertiary/aromatic N) is 6. The van der Waals surface area contributed by atoms with Crippen molar-refractivity contribution >= 4 is 5.69 Å². The lowest BCUT2D eigenvalue weighted by Crippen LogP contribution is -2.29. The van der Waals surface area contributed by atoms with Gasteiger partial charge in [-0.1, -0.05) is 12.1 Å². The molecule has 4 heterocycles. The summed E-state index contributed by atoms with van der Waals surface area (Å²) in [6.07, 6.45) is 12.2. The van der Waals surface area contributed by atoms with E-state index in [-0.39, 0.29) is 0 Å². The molecule has 4 aromatic rings. The van der Waals surface area contributed by atoms with E-state index in [1.54, 1.807) is 6.20 Å². The molecular weight excluding hydrogens is 396 g/mol. The Morgan fingerprint density at radius 3 is 2.53 bits per heavy atom. The van der Waals surface area contributed by atoms with Gasteiger partial charge in [0.2, 0.25) is 0 Å². The van der Waals surface area contributed by atoms with Gasteiger partial charge >= 0.3 is 0 Å². The summed E-state index contributed by atoms with van der Waals surface area (Å²) in [6.45, 7) is 5.21. The van der Waals surface area contributed by atoms with Crippen LogP contribution in [0.2, 0.25) is 0 Å². The van der Waals surface area contributed by atoms with Crippen molar-refractivity contribution in [1.29, 1.82) is 0 Å². The molecule has 0 unspecified atom stereocenters. The third kappa shape index (κ3) is 4.40. The fraction of sp³-hybridized carbons (Fsp3) is 0.308. The molecule has 162 valence electrons. The summed E-state index contributed by atoms with van der Waals surface area (Å²) < 4.78 is 1.94. The standard InChI is InChI=1S/C26H28N6/c1-2-32-19-23(26(30-32)21-7-6-13-27-18-21)24-12-14-28-25(29-24)17-20-8-10-22(11-9-20)31-15-4-3-5-16-31/h6-14,18-19H,2-5,15-17H2,1H3. The molecule has 0 saturated carbocycles. The van der Waals surface area contributed by atoms with E-state index in [0.717, 1.165) is 48.0 Å². The highest BCUT2D eigenvalue weighted by atomic mass is 15.3. The van der Waals surface area contributed by atoms with Crippen LogP contribution in [0.4, 0.5) is 5.69 Å². The van der Waals surface area contributed by atoms with Crippen LogP contribution >= 0.6 is 0 Å². The zero-order valence-corrected chi connectivity index (χ0v) is 18.5. The van der Waals surface area contributed by atoms with Crippen molar-refractivity contribution in [1.82, 2.24) is 24.7 Å². The maximum atomic E-state index is 4.89. The first kappa shape index (κ1) is 20.4. The van der Waals surface area contributed by atoms with Crippen molar-refractivity contribution in [2.75, 3.05) is 18.0 Å². The lowest BCUT2D eigenvalue weighted by Gasteiger charge is -2.28. The van der Waals surface area contributed by atoms with Crippen LogP contribution in [0, 0.1) is 0 Å². The van der Waals surface area contributed by atoms with Crippen LogP contribution in [0.3, 0.4) is 0 Å². The molecule has 0 N–H and O–H groups in total. The van der Waals surface area contributed by atoms with Crippen LogP contribution in [-0.4, -0.2) is 37.8 Å². The summed E-state index contributed by atoms with van der Waals surface area (Å²) in [4.78, 5) is 16.2. The van der Waals surface area contributed by atoms with Gasteiger partial charge in [0.05, 0.1) is 5.69 Å². The molecule has 0 spiro atoms. The van der Waals surface area contributed by atoms with Crippen LogP contribution in [0.5, 0.6) is 0 Å². The molecule has 0 amide bonds. The molecule has 6 nitrogen and oxygen atoms in total. The van der Waals surface area contributed by atoms with E-state index in [9.17, 15) is 0 Å². The third-order valence-electron chi connectivity index (χ3n) is 6.02. The summed E-state index contributed by atoms with van der Waals surface area (Å²) in [5.41, 5.74) is 6.32. The zero-order valence-electron chi connectivity index (χ0n) is 18.5. The molecule has 6 heteroatoms. The summed E-state index contributed by atoms with van der Waals surface area (Å²) in [7, 11) is 0. The Bertz CT molecular complexity index is 1160. The lowest BCUT2D eigenvalue weighted by molar-refractivity contribution is 0.578. The topological polar surface area (TPSA) is 59.7 Å². The van der Waals surface area contributed by atoms with Crippen molar-refractivity contribution in [2.24, 2.45) is 0 Å². The average molecular weight is 425 g/mol. The quantitative estimate of drug-likeness (QED) is 0.436. The molecule has 1 aromatic carbocycles. The number of piperidine rings is 1. The van der Waals surface area contributed by atoms with Gasteiger partial charge in [0.1, 0.15) is 11.5 Å². The summed E-state index contributed by atoms with van der Waals surface area (Å²) in [5, 5.41) is 4.75. The number of hydrogen-bond acceptors (Lipinski definition) is 5. The summed E-state index contributed by atoms with van der Waals surface area (Å²) >= 11 is 0. The lowest BCUT2D eigenvalue weighted by atomic mass is 10.1. The Morgan fingerprint density at radius 1 is 0.938 bits per heavy atom. The van der Waals surface area contributed by atoms with E-state index in [1.807, 2.05) is 35.3 Å². The van der Waals surface area contributed by atoms with Gasteiger partial charge in [0.15, 0.2) is 0 Å². The van der Waals surface area contributed by atoms with E-state index in [1.165, 1.54) is 30.5 Å². The predicted molar refractivity (Wildman–Crippen MR) is 127 cm³/mol. The minimum absolute atomic E-state index is 0.707. The van der Waals surface area contributed by atoms with Crippen LogP contribution in [0.15, 0.2) is 67.3 Å². The number of rotatable bonds is 6. The van der Waals surface area contributed by atoms with E-state index < -0.39 is 0 Å². The van der Waals surface area contributed by atoms with Crippen molar-refractivity contribution < 1.29 is 0 Å². The van der Waals surface area contributed by atoms with Gasteiger partial charge in [-0.3, -0.25) is 9.67 Å². The maximum Gasteiger partial charge on any atom is 0.133 e. The first-order chi connectivity index (χ1) is 15.8. The molecule has 0 atom stereocenters. The van der Waals surface area contributed by atoms with E-state index in [2.05, 4.69) is 52.3 Å². The Morgan fingerprint density at radius 2 is 1.78 bits per heavy atom. The second kappa shape index (κ2) is 9.30. The predicted octanol–water partition coefficient (Wildman–Crippen LogP) is 5.00. The van der Waals surface area contributed by atoms with E-state index >= 15 is 0 Å². The van der Waals surface area contributed by atoms with Crippen molar-refractivity contribution in [3.8, 4) is 22.5 Å². The van der Waals surface area contributed by atoms with Gasteiger partial charge in [-0.2, -0.15) is 5.10 Å². The summed E-state index contributed by atoms with van der Waals surface area (Å²) in [5.74, 6) is 0.814. The van der Waals surface area contributed by atoms with Crippen molar-refractivity contribution in [3.63, 3.8) is 0 Å². The minimum atomic E-state index is 0.707. The van der Waals surface area contributed by atoms with Crippen LogP contribution in [0.1, 0.15) is 37.6 Å². The highest BCUT2D eigenvalue weighted by Gasteiger charge is 2.15. The van der Waals surface area contributed by atoms with Crippen LogP contribution in [0.25, 0.3) is 22.5 Å². The molecule has 1 aliphatic rings. The summed E-state index contributed by atoms with van der Waals surface area (Å²) in [6, 6.07) is 14.8. The Balaban J connectivity index is 1.39. The molecule has 5 rings (SSSR count). The monoisotopic (exact) mass is 424 g/mol. The molecule has 0 bridgehead atoms.